The number of para-hydroxylation sites is 1. The molecule has 1 aromatic carbocycles. The number of benzene rings is 1. The molecule has 98 valence electrons. The molecule has 0 bridgehead atoms. The highest BCUT2D eigenvalue weighted by molar-refractivity contribution is 5.97. The van der Waals surface area contributed by atoms with E-state index in [0.717, 1.165) is 6.29 Å². The van der Waals surface area contributed by atoms with Crippen LogP contribution in [0.3, 0.4) is 0 Å². The van der Waals surface area contributed by atoms with Crippen molar-refractivity contribution in [2.24, 2.45) is 11.1 Å². The Hall–Kier alpha value is -1.68. The number of carbonyl (C=O) groups excluding carboxylic acids is 2. The third kappa shape index (κ3) is 2.96. The van der Waals surface area contributed by atoms with Gasteiger partial charge in [-0.05, 0) is 25.0 Å². The topological polar surface area (TPSA) is 72.2 Å². The number of carbonyl (C=O) groups is 2. The van der Waals surface area contributed by atoms with Crippen LogP contribution < -0.4 is 11.1 Å². The minimum atomic E-state index is -0.829. The van der Waals surface area contributed by atoms with Crippen molar-refractivity contribution in [3.8, 4) is 0 Å². The Balaban J connectivity index is 2.80. The molecule has 1 unspecified atom stereocenters. The Morgan fingerprint density at radius 1 is 1.33 bits per heavy atom. The van der Waals surface area contributed by atoms with Crippen LogP contribution in [0.5, 0.6) is 0 Å². The Morgan fingerprint density at radius 3 is 2.33 bits per heavy atom. The molecule has 1 amide bonds. The van der Waals surface area contributed by atoms with E-state index in [1.165, 1.54) is 0 Å². The van der Waals surface area contributed by atoms with E-state index in [2.05, 4.69) is 5.32 Å². The summed E-state index contributed by atoms with van der Waals surface area (Å²) in [6, 6.07) is 8.26. The number of rotatable bonds is 6. The highest BCUT2D eigenvalue weighted by Crippen LogP contribution is 2.27. The SMILES string of the molecule is CCC(C=O)(CC)C(N)C(=O)Nc1ccccc1. The highest BCUT2D eigenvalue weighted by atomic mass is 16.2. The molecular formula is C14H20N2O2. The number of anilines is 1. The maximum atomic E-state index is 12.0. The zero-order valence-electron chi connectivity index (χ0n) is 10.8. The van der Waals surface area contributed by atoms with Crippen molar-refractivity contribution in [3.05, 3.63) is 30.3 Å². The third-order valence-corrected chi connectivity index (χ3v) is 3.49. The van der Waals surface area contributed by atoms with Crippen molar-refractivity contribution in [3.63, 3.8) is 0 Å². The van der Waals surface area contributed by atoms with Gasteiger partial charge >= 0.3 is 0 Å². The van der Waals surface area contributed by atoms with E-state index >= 15 is 0 Å². The number of amides is 1. The molecule has 0 spiro atoms. The predicted molar refractivity (Wildman–Crippen MR) is 72.1 cm³/mol. The van der Waals surface area contributed by atoms with E-state index < -0.39 is 11.5 Å². The van der Waals surface area contributed by atoms with Gasteiger partial charge < -0.3 is 15.8 Å². The standard InChI is InChI=1S/C14H20N2O2/c1-3-14(4-2,10-17)12(15)13(18)16-11-8-6-5-7-9-11/h5-10,12H,3-4,15H2,1-2H3,(H,16,18). The van der Waals surface area contributed by atoms with Crippen molar-refractivity contribution in [2.75, 3.05) is 5.32 Å². The van der Waals surface area contributed by atoms with Gasteiger partial charge in [-0.1, -0.05) is 32.0 Å². The summed E-state index contributed by atoms with van der Waals surface area (Å²) in [6.45, 7) is 3.74. The molecule has 0 aliphatic heterocycles. The van der Waals surface area contributed by atoms with Gasteiger partial charge in [0.25, 0.3) is 0 Å². The number of hydrogen-bond donors (Lipinski definition) is 2. The fraction of sp³-hybridized carbons (Fsp3) is 0.429. The third-order valence-electron chi connectivity index (χ3n) is 3.49. The van der Waals surface area contributed by atoms with Crippen LogP contribution in [0.1, 0.15) is 26.7 Å². The lowest BCUT2D eigenvalue weighted by Gasteiger charge is -2.30. The molecule has 0 radical (unpaired) electrons. The monoisotopic (exact) mass is 248 g/mol. The second-order valence-corrected chi connectivity index (χ2v) is 4.39. The summed E-state index contributed by atoms with van der Waals surface area (Å²) < 4.78 is 0. The Bertz CT molecular complexity index is 400. The normalized spacial score (nSPS) is 12.8. The molecule has 0 fully saturated rings. The van der Waals surface area contributed by atoms with Crippen LogP contribution in [0.15, 0.2) is 30.3 Å². The summed E-state index contributed by atoms with van der Waals surface area (Å²) in [4.78, 5) is 23.3. The van der Waals surface area contributed by atoms with Gasteiger partial charge in [0.15, 0.2) is 0 Å². The smallest absolute Gasteiger partial charge is 0.242 e. The maximum absolute atomic E-state index is 12.0. The first-order valence-corrected chi connectivity index (χ1v) is 6.17. The van der Waals surface area contributed by atoms with Gasteiger partial charge in [-0.3, -0.25) is 4.79 Å². The summed E-state index contributed by atoms with van der Waals surface area (Å²) in [6.07, 6.45) is 1.91. The lowest BCUT2D eigenvalue weighted by molar-refractivity contribution is -0.127. The van der Waals surface area contributed by atoms with Gasteiger partial charge in [-0.15, -0.1) is 0 Å². The van der Waals surface area contributed by atoms with E-state index in [1.54, 1.807) is 12.1 Å². The number of hydrogen-bond acceptors (Lipinski definition) is 3. The molecule has 0 heterocycles. The van der Waals surface area contributed by atoms with Crippen molar-refractivity contribution in [1.29, 1.82) is 0 Å². The number of aldehydes is 1. The van der Waals surface area contributed by atoms with Crippen LogP contribution in [0, 0.1) is 5.41 Å². The Kier molecular flexibility index (Phi) is 5.04. The average molecular weight is 248 g/mol. The van der Waals surface area contributed by atoms with E-state index in [9.17, 15) is 9.59 Å². The molecule has 0 aromatic heterocycles. The van der Waals surface area contributed by atoms with Crippen LogP contribution in [0.25, 0.3) is 0 Å². The second kappa shape index (κ2) is 6.31. The minimum Gasteiger partial charge on any atom is -0.325 e. The van der Waals surface area contributed by atoms with Gasteiger partial charge in [0.05, 0.1) is 6.04 Å². The first kappa shape index (κ1) is 14.4. The van der Waals surface area contributed by atoms with Crippen LogP contribution in [-0.4, -0.2) is 18.2 Å². The lowest BCUT2D eigenvalue weighted by atomic mass is 9.77. The predicted octanol–water partition coefficient (Wildman–Crippen LogP) is 1.96. The molecular weight excluding hydrogens is 228 g/mol. The fourth-order valence-electron chi connectivity index (χ4n) is 1.93. The highest BCUT2D eigenvalue weighted by Gasteiger charge is 2.37. The van der Waals surface area contributed by atoms with Gasteiger partial charge in [0, 0.05) is 11.1 Å². The Morgan fingerprint density at radius 2 is 1.89 bits per heavy atom. The van der Waals surface area contributed by atoms with E-state index in [1.807, 2.05) is 32.0 Å². The zero-order valence-corrected chi connectivity index (χ0v) is 10.8. The zero-order chi connectivity index (χ0) is 13.6. The van der Waals surface area contributed by atoms with E-state index in [-0.39, 0.29) is 5.91 Å². The Labute approximate surface area is 108 Å². The van der Waals surface area contributed by atoms with Gasteiger partial charge in [-0.25, -0.2) is 0 Å². The van der Waals surface area contributed by atoms with Crippen molar-refractivity contribution in [2.45, 2.75) is 32.7 Å². The molecule has 1 atom stereocenters. The molecule has 0 saturated carbocycles. The molecule has 4 heteroatoms. The van der Waals surface area contributed by atoms with Crippen LogP contribution in [-0.2, 0) is 9.59 Å². The molecule has 4 nitrogen and oxygen atoms in total. The van der Waals surface area contributed by atoms with Crippen molar-refractivity contribution >= 4 is 17.9 Å². The van der Waals surface area contributed by atoms with Crippen LogP contribution >= 0.6 is 0 Å². The molecule has 18 heavy (non-hydrogen) atoms. The van der Waals surface area contributed by atoms with Crippen molar-refractivity contribution < 1.29 is 9.59 Å². The van der Waals surface area contributed by atoms with E-state index in [0.29, 0.717) is 18.5 Å². The second-order valence-electron chi connectivity index (χ2n) is 4.39. The molecule has 0 aliphatic carbocycles. The van der Waals surface area contributed by atoms with Crippen LogP contribution in [0.4, 0.5) is 5.69 Å². The summed E-state index contributed by atoms with van der Waals surface area (Å²) in [5, 5.41) is 2.73. The summed E-state index contributed by atoms with van der Waals surface area (Å²) in [5.74, 6) is -0.322. The summed E-state index contributed by atoms with van der Waals surface area (Å²) in [7, 11) is 0. The number of nitrogens with one attached hydrogen (secondary N) is 1. The molecule has 3 N–H and O–H groups in total. The average Bonchev–Trinajstić information content (AvgIpc) is 2.42. The van der Waals surface area contributed by atoms with Gasteiger partial charge in [-0.2, -0.15) is 0 Å². The van der Waals surface area contributed by atoms with Gasteiger partial charge in [0.1, 0.15) is 6.29 Å². The van der Waals surface area contributed by atoms with E-state index in [4.69, 9.17) is 5.73 Å². The molecule has 0 saturated heterocycles. The molecule has 1 aromatic rings. The lowest BCUT2D eigenvalue weighted by Crippen LogP contribution is -2.50. The largest absolute Gasteiger partial charge is 0.325 e. The minimum absolute atomic E-state index is 0.322. The maximum Gasteiger partial charge on any atom is 0.242 e. The first-order chi connectivity index (χ1) is 8.59. The quantitative estimate of drug-likeness (QED) is 0.756. The fourth-order valence-corrected chi connectivity index (χ4v) is 1.93. The van der Waals surface area contributed by atoms with Crippen molar-refractivity contribution in [1.82, 2.24) is 0 Å². The van der Waals surface area contributed by atoms with Gasteiger partial charge in [0.2, 0.25) is 5.91 Å². The van der Waals surface area contributed by atoms with Crippen LogP contribution in [0.2, 0.25) is 0 Å². The molecule has 1 rings (SSSR count). The first-order valence-electron chi connectivity index (χ1n) is 6.17. The summed E-state index contributed by atoms with van der Waals surface area (Å²) >= 11 is 0. The molecule has 0 aliphatic rings. The number of nitrogens with two attached hydrogens (primary N) is 1. The summed E-state index contributed by atoms with van der Waals surface area (Å²) in [5.41, 5.74) is 5.84.